The van der Waals surface area contributed by atoms with E-state index in [1.165, 1.54) is 5.56 Å². The second kappa shape index (κ2) is 6.40. The quantitative estimate of drug-likeness (QED) is 0.602. The molecule has 0 amide bonds. The number of hydrazine groups is 1. The molecule has 1 atom stereocenters. The molecular weight excluding hydrogens is 240 g/mol. The molecule has 0 aromatic carbocycles. The molecular formula is C13H20N6. The van der Waals surface area contributed by atoms with Crippen LogP contribution in [0.1, 0.15) is 43.3 Å². The lowest BCUT2D eigenvalue weighted by Gasteiger charge is -2.18. The molecule has 0 bridgehead atoms. The maximum absolute atomic E-state index is 5.73. The first kappa shape index (κ1) is 13.6. The third-order valence-electron chi connectivity index (χ3n) is 3.13. The normalized spacial score (nSPS) is 12.6. The fraction of sp³-hybridized carbons (Fsp3) is 0.462. The highest BCUT2D eigenvalue weighted by Crippen LogP contribution is 2.22. The van der Waals surface area contributed by atoms with Crippen LogP contribution in [0.2, 0.25) is 0 Å². The Morgan fingerprint density at radius 3 is 2.95 bits per heavy atom. The minimum absolute atomic E-state index is 0.183. The van der Waals surface area contributed by atoms with E-state index in [4.69, 9.17) is 5.84 Å². The Morgan fingerprint density at radius 2 is 2.26 bits per heavy atom. The van der Waals surface area contributed by atoms with E-state index in [1.807, 2.05) is 10.7 Å². The average Bonchev–Trinajstić information content (AvgIpc) is 2.89. The summed E-state index contributed by atoms with van der Waals surface area (Å²) in [7, 11) is 0. The van der Waals surface area contributed by atoms with Crippen LogP contribution >= 0.6 is 0 Å². The first-order chi connectivity index (χ1) is 9.31. The van der Waals surface area contributed by atoms with Gasteiger partial charge in [0.05, 0.1) is 17.6 Å². The van der Waals surface area contributed by atoms with Crippen LogP contribution < -0.4 is 11.3 Å². The highest BCUT2D eigenvalue weighted by Gasteiger charge is 2.21. The lowest BCUT2D eigenvalue weighted by atomic mass is 10.0. The summed E-state index contributed by atoms with van der Waals surface area (Å²) < 4.78 is 1.87. The first-order valence-corrected chi connectivity index (χ1v) is 6.60. The van der Waals surface area contributed by atoms with Gasteiger partial charge in [0.2, 0.25) is 0 Å². The molecule has 6 nitrogen and oxygen atoms in total. The van der Waals surface area contributed by atoms with E-state index in [0.717, 1.165) is 30.8 Å². The number of nitrogens with one attached hydrogen (secondary N) is 1. The molecule has 0 saturated heterocycles. The summed E-state index contributed by atoms with van der Waals surface area (Å²) in [6, 6.07) is 3.83. The molecule has 2 aromatic rings. The van der Waals surface area contributed by atoms with Gasteiger partial charge in [-0.1, -0.05) is 25.1 Å². The maximum Gasteiger partial charge on any atom is 0.107 e. The van der Waals surface area contributed by atoms with E-state index in [2.05, 4.69) is 40.6 Å². The third-order valence-corrected chi connectivity index (χ3v) is 3.13. The fourth-order valence-corrected chi connectivity index (χ4v) is 2.19. The Bertz CT molecular complexity index is 521. The molecule has 19 heavy (non-hydrogen) atoms. The molecule has 6 heteroatoms. The monoisotopic (exact) mass is 260 g/mol. The van der Waals surface area contributed by atoms with Crippen LogP contribution in [0, 0.1) is 0 Å². The molecule has 0 saturated carbocycles. The van der Waals surface area contributed by atoms with Crippen molar-refractivity contribution in [2.45, 2.75) is 39.3 Å². The number of pyridine rings is 1. The molecule has 0 aliphatic heterocycles. The van der Waals surface area contributed by atoms with Crippen molar-refractivity contribution in [1.29, 1.82) is 0 Å². The molecule has 0 aliphatic rings. The minimum Gasteiger partial charge on any atom is -0.270 e. The lowest BCUT2D eigenvalue weighted by molar-refractivity contribution is 0.505. The van der Waals surface area contributed by atoms with Crippen LogP contribution in [0.4, 0.5) is 0 Å². The van der Waals surface area contributed by atoms with Crippen molar-refractivity contribution in [2.75, 3.05) is 0 Å². The SMILES string of the molecule is CCCn1nncc1C(NN)c1ncccc1CC. The molecule has 2 rings (SSSR count). The molecule has 0 radical (unpaired) electrons. The van der Waals surface area contributed by atoms with Crippen molar-refractivity contribution in [3.8, 4) is 0 Å². The molecule has 2 heterocycles. The van der Waals surface area contributed by atoms with E-state index in [1.54, 1.807) is 12.4 Å². The number of hydrogen-bond donors (Lipinski definition) is 2. The molecule has 0 fully saturated rings. The maximum atomic E-state index is 5.73. The Balaban J connectivity index is 2.41. The Morgan fingerprint density at radius 1 is 1.42 bits per heavy atom. The highest BCUT2D eigenvalue weighted by atomic mass is 15.4. The summed E-state index contributed by atoms with van der Waals surface area (Å²) in [5, 5.41) is 8.08. The summed E-state index contributed by atoms with van der Waals surface area (Å²) >= 11 is 0. The van der Waals surface area contributed by atoms with Gasteiger partial charge in [-0.05, 0) is 24.5 Å². The van der Waals surface area contributed by atoms with Gasteiger partial charge in [0, 0.05) is 12.7 Å². The molecule has 2 aromatic heterocycles. The summed E-state index contributed by atoms with van der Waals surface area (Å²) in [4.78, 5) is 4.47. The van der Waals surface area contributed by atoms with Gasteiger partial charge in [-0.25, -0.2) is 10.1 Å². The number of aryl methyl sites for hydroxylation is 2. The second-order valence-electron chi connectivity index (χ2n) is 4.38. The van der Waals surface area contributed by atoms with E-state index in [0.29, 0.717) is 0 Å². The summed E-state index contributed by atoms with van der Waals surface area (Å²) in [6.45, 7) is 5.03. The first-order valence-electron chi connectivity index (χ1n) is 6.60. The van der Waals surface area contributed by atoms with Crippen molar-refractivity contribution >= 4 is 0 Å². The van der Waals surface area contributed by atoms with E-state index >= 15 is 0 Å². The third kappa shape index (κ3) is 2.80. The summed E-state index contributed by atoms with van der Waals surface area (Å²) in [5.41, 5.74) is 5.89. The molecule has 0 aliphatic carbocycles. The topological polar surface area (TPSA) is 81.7 Å². The Hall–Kier alpha value is -1.79. The van der Waals surface area contributed by atoms with Gasteiger partial charge in [0.1, 0.15) is 6.04 Å². The molecule has 102 valence electrons. The molecule has 3 N–H and O–H groups in total. The Labute approximate surface area is 113 Å². The van der Waals surface area contributed by atoms with Crippen LogP contribution in [0.3, 0.4) is 0 Å². The number of rotatable bonds is 6. The standard InChI is InChI=1S/C13H20N6/c1-3-8-19-11(9-16-18-19)13(17-14)12-10(4-2)6-5-7-15-12/h5-7,9,13,17H,3-4,8,14H2,1-2H3. The average molecular weight is 260 g/mol. The largest absolute Gasteiger partial charge is 0.270 e. The van der Waals surface area contributed by atoms with Crippen LogP contribution in [-0.2, 0) is 13.0 Å². The fourth-order valence-electron chi connectivity index (χ4n) is 2.19. The smallest absolute Gasteiger partial charge is 0.107 e. The van der Waals surface area contributed by atoms with Gasteiger partial charge in [-0.3, -0.25) is 10.8 Å². The zero-order chi connectivity index (χ0) is 13.7. The van der Waals surface area contributed by atoms with Gasteiger partial charge in [-0.2, -0.15) is 0 Å². The second-order valence-corrected chi connectivity index (χ2v) is 4.38. The Kier molecular flexibility index (Phi) is 4.59. The van der Waals surface area contributed by atoms with Gasteiger partial charge in [0.25, 0.3) is 0 Å². The van der Waals surface area contributed by atoms with Crippen molar-refractivity contribution < 1.29 is 0 Å². The van der Waals surface area contributed by atoms with Gasteiger partial charge in [0.15, 0.2) is 0 Å². The van der Waals surface area contributed by atoms with Crippen molar-refractivity contribution in [3.05, 3.63) is 41.5 Å². The van der Waals surface area contributed by atoms with Crippen molar-refractivity contribution in [3.63, 3.8) is 0 Å². The molecule has 0 spiro atoms. The van der Waals surface area contributed by atoms with Gasteiger partial charge >= 0.3 is 0 Å². The molecule has 1 unspecified atom stereocenters. The predicted octanol–water partition coefficient (Wildman–Crippen LogP) is 1.20. The number of aromatic nitrogens is 4. The van der Waals surface area contributed by atoms with E-state index in [-0.39, 0.29) is 6.04 Å². The zero-order valence-corrected chi connectivity index (χ0v) is 11.4. The van der Waals surface area contributed by atoms with Gasteiger partial charge < -0.3 is 0 Å². The van der Waals surface area contributed by atoms with Crippen LogP contribution in [-0.4, -0.2) is 20.0 Å². The number of hydrogen-bond acceptors (Lipinski definition) is 5. The minimum atomic E-state index is -0.183. The number of nitrogens with zero attached hydrogens (tertiary/aromatic N) is 4. The van der Waals surface area contributed by atoms with Crippen LogP contribution in [0.25, 0.3) is 0 Å². The van der Waals surface area contributed by atoms with Crippen LogP contribution in [0.5, 0.6) is 0 Å². The van der Waals surface area contributed by atoms with Gasteiger partial charge in [-0.15, -0.1) is 5.10 Å². The van der Waals surface area contributed by atoms with Crippen LogP contribution in [0.15, 0.2) is 24.5 Å². The lowest BCUT2D eigenvalue weighted by Crippen LogP contribution is -2.32. The van der Waals surface area contributed by atoms with Crippen molar-refractivity contribution in [2.24, 2.45) is 5.84 Å². The summed E-state index contributed by atoms with van der Waals surface area (Å²) in [6.07, 6.45) is 5.44. The highest BCUT2D eigenvalue weighted by molar-refractivity contribution is 5.28. The summed E-state index contributed by atoms with van der Waals surface area (Å²) in [5.74, 6) is 5.73. The number of nitrogens with two attached hydrogens (primary N) is 1. The van der Waals surface area contributed by atoms with E-state index in [9.17, 15) is 0 Å². The van der Waals surface area contributed by atoms with E-state index < -0.39 is 0 Å². The zero-order valence-electron chi connectivity index (χ0n) is 11.4. The van der Waals surface area contributed by atoms with Crippen molar-refractivity contribution in [1.82, 2.24) is 25.4 Å². The predicted molar refractivity (Wildman–Crippen MR) is 73.1 cm³/mol.